The fraction of sp³-hybridized carbons (Fsp3) is 0.571. The molecule has 0 unspecified atom stereocenters. The Hall–Kier alpha value is -0.0600. The molecule has 1 aromatic rings. The van der Waals surface area contributed by atoms with E-state index in [2.05, 4.69) is 21.0 Å². The molecule has 0 fully saturated rings. The van der Waals surface area contributed by atoms with E-state index in [1.165, 1.54) is 12.1 Å². The fourth-order valence-electron chi connectivity index (χ4n) is 1.48. The summed E-state index contributed by atoms with van der Waals surface area (Å²) in [6.45, 7) is 1.58. The van der Waals surface area contributed by atoms with Crippen molar-refractivity contribution < 1.29 is 0 Å². The molecular weight excluding hydrogens is 241 g/mol. The number of aromatic nitrogens is 2. The van der Waals surface area contributed by atoms with Crippen LogP contribution < -0.4 is 5.73 Å². The third-order valence-corrected chi connectivity index (χ3v) is 2.95. The van der Waals surface area contributed by atoms with Gasteiger partial charge in [0.2, 0.25) is 0 Å². The summed E-state index contributed by atoms with van der Waals surface area (Å²) in [5, 5.41) is 4.35. The van der Waals surface area contributed by atoms with Crippen LogP contribution in [0.2, 0.25) is 0 Å². The van der Waals surface area contributed by atoms with Gasteiger partial charge in [-0.1, -0.05) is 0 Å². The lowest BCUT2D eigenvalue weighted by molar-refractivity contribution is 0.644. The topological polar surface area (TPSA) is 43.8 Å². The zero-order chi connectivity index (χ0) is 7.84. The van der Waals surface area contributed by atoms with Gasteiger partial charge in [-0.15, -0.1) is 12.4 Å². The minimum Gasteiger partial charge on any atom is -0.325 e. The van der Waals surface area contributed by atoms with Crippen molar-refractivity contribution in [3.63, 3.8) is 0 Å². The number of rotatable bonds is 1. The molecule has 3 nitrogen and oxygen atoms in total. The van der Waals surface area contributed by atoms with Crippen LogP contribution >= 0.6 is 28.3 Å². The van der Waals surface area contributed by atoms with Gasteiger partial charge < -0.3 is 5.73 Å². The Morgan fingerprint density at radius 3 is 2.92 bits per heavy atom. The molecule has 2 heterocycles. The van der Waals surface area contributed by atoms with Crippen molar-refractivity contribution in [3.8, 4) is 0 Å². The molecule has 5 heteroatoms. The predicted molar refractivity (Wildman–Crippen MR) is 53.4 cm³/mol. The highest BCUT2D eigenvalue weighted by Crippen LogP contribution is 2.26. The van der Waals surface area contributed by atoms with Crippen molar-refractivity contribution in [1.29, 1.82) is 0 Å². The summed E-state index contributed by atoms with van der Waals surface area (Å²) < 4.78 is 3.17. The monoisotopic (exact) mass is 251 g/mol. The Morgan fingerprint density at radius 1 is 1.58 bits per heavy atom. The van der Waals surface area contributed by atoms with Crippen LogP contribution in [0.3, 0.4) is 0 Å². The molecule has 0 aromatic carbocycles. The van der Waals surface area contributed by atoms with Crippen LogP contribution in [0.5, 0.6) is 0 Å². The summed E-state index contributed by atoms with van der Waals surface area (Å²) in [7, 11) is 0. The number of fused-ring (bicyclic) bond motifs is 1. The summed E-state index contributed by atoms with van der Waals surface area (Å²) in [5.74, 6) is 0. The van der Waals surface area contributed by atoms with E-state index in [4.69, 9.17) is 5.73 Å². The number of nitrogens with two attached hydrogens (primary N) is 1. The minimum atomic E-state index is 0. The molecule has 0 atom stereocenters. The molecule has 0 bridgehead atoms. The van der Waals surface area contributed by atoms with Crippen molar-refractivity contribution in [2.75, 3.05) is 0 Å². The van der Waals surface area contributed by atoms with Crippen LogP contribution in [0.15, 0.2) is 4.47 Å². The molecule has 0 radical (unpaired) electrons. The predicted octanol–water partition coefficient (Wildman–Crippen LogP) is 1.47. The van der Waals surface area contributed by atoms with Gasteiger partial charge in [0.15, 0.2) is 0 Å². The first-order valence-corrected chi connectivity index (χ1v) is 4.56. The molecule has 0 saturated heterocycles. The van der Waals surface area contributed by atoms with Crippen LogP contribution in [0.1, 0.15) is 17.8 Å². The number of hydrogen-bond donors (Lipinski definition) is 1. The standard InChI is InChI=1S/C7H10BrN3.ClH/c8-7-5(4-9)10-11-3-1-2-6(7)11;/h1-4,9H2;1H. The van der Waals surface area contributed by atoms with Crippen molar-refractivity contribution in [3.05, 3.63) is 15.9 Å². The third kappa shape index (κ3) is 1.39. The second kappa shape index (κ2) is 3.77. The van der Waals surface area contributed by atoms with E-state index in [0.29, 0.717) is 6.54 Å². The molecule has 1 aliphatic rings. The Kier molecular flexibility index (Phi) is 3.15. The van der Waals surface area contributed by atoms with Gasteiger partial charge in [-0.05, 0) is 28.8 Å². The van der Waals surface area contributed by atoms with Crippen molar-refractivity contribution in [1.82, 2.24) is 9.78 Å². The van der Waals surface area contributed by atoms with E-state index < -0.39 is 0 Å². The Morgan fingerprint density at radius 2 is 2.33 bits per heavy atom. The zero-order valence-electron chi connectivity index (χ0n) is 6.59. The quantitative estimate of drug-likeness (QED) is 0.823. The lowest BCUT2D eigenvalue weighted by atomic mass is 10.3. The van der Waals surface area contributed by atoms with Crippen LogP contribution in [0.25, 0.3) is 0 Å². The summed E-state index contributed by atoms with van der Waals surface area (Å²) >= 11 is 3.50. The maximum Gasteiger partial charge on any atom is 0.0905 e. The van der Waals surface area contributed by atoms with Gasteiger partial charge in [0, 0.05) is 13.1 Å². The van der Waals surface area contributed by atoms with Gasteiger partial charge in [-0.25, -0.2) is 0 Å². The number of halogens is 2. The maximum absolute atomic E-state index is 5.51. The van der Waals surface area contributed by atoms with Crippen molar-refractivity contribution >= 4 is 28.3 Å². The van der Waals surface area contributed by atoms with E-state index >= 15 is 0 Å². The summed E-state index contributed by atoms with van der Waals surface area (Å²) in [4.78, 5) is 0. The summed E-state index contributed by atoms with van der Waals surface area (Å²) in [5.41, 5.74) is 7.80. The number of aryl methyl sites for hydroxylation is 1. The van der Waals surface area contributed by atoms with Gasteiger partial charge in [-0.2, -0.15) is 5.10 Å². The van der Waals surface area contributed by atoms with Crippen LogP contribution in [0.4, 0.5) is 0 Å². The first-order valence-electron chi connectivity index (χ1n) is 3.77. The molecule has 1 aromatic heterocycles. The van der Waals surface area contributed by atoms with Gasteiger partial charge in [-0.3, -0.25) is 4.68 Å². The highest BCUT2D eigenvalue weighted by Gasteiger charge is 2.18. The largest absolute Gasteiger partial charge is 0.325 e. The highest BCUT2D eigenvalue weighted by molar-refractivity contribution is 9.10. The second-order valence-corrected chi connectivity index (χ2v) is 3.53. The summed E-state index contributed by atoms with van der Waals surface area (Å²) in [6.07, 6.45) is 2.35. The highest BCUT2D eigenvalue weighted by atomic mass is 79.9. The average Bonchev–Trinajstić information content (AvgIpc) is 2.53. The van der Waals surface area contributed by atoms with Crippen LogP contribution in [-0.2, 0) is 19.5 Å². The van der Waals surface area contributed by atoms with Crippen molar-refractivity contribution in [2.24, 2.45) is 5.73 Å². The average molecular weight is 253 g/mol. The zero-order valence-corrected chi connectivity index (χ0v) is 8.99. The van der Waals surface area contributed by atoms with E-state index in [9.17, 15) is 0 Å². The first kappa shape index (κ1) is 10.0. The molecular formula is C7H11BrClN3. The normalized spacial score (nSPS) is 14.2. The van der Waals surface area contributed by atoms with Crippen molar-refractivity contribution in [2.45, 2.75) is 25.9 Å². The molecule has 0 aliphatic carbocycles. The SMILES string of the molecule is Cl.NCc1nn2c(c1Br)CCC2. The van der Waals surface area contributed by atoms with E-state index in [1.54, 1.807) is 0 Å². The Labute approximate surface area is 85.9 Å². The molecule has 0 amide bonds. The van der Waals surface area contributed by atoms with Gasteiger partial charge in [0.1, 0.15) is 0 Å². The number of hydrogen-bond acceptors (Lipinski definition) is 2. The third-order valence-electron chi connectivity index (χ3n) is 2.04. The molecule has 68 valence electrons. The molecule has 0 saturated carbocycles. The van der Waals surface area contributed by atoms with Gasteiger partial charge in [0.05, 0.1) is 15.9 Å². The molecule has 0 spiro atoms. The molecule has 1 aliphatic heterocycles. The van der Waals surface area contributed by atoms with Gasteiger partial charge in [0.25, 0.3) is 0 Å². The van der Waals surface area contributed by atoms with E-state index in [0.717, 1.165) is 23.1 Å². The Balaban J connectivity index is 0.000000720. The smallest absolute Gasteiger partial charge is 0.0905 e. The molecule has 2 N–H and O–H groups in total. The van der Waals surface area contributed by atoms with E-state index in [-0.39, 0.29) is 12.4 Å². The van der Waals surface area contributed by atoms with Crippen LogP contribution in [-0.4, -0.2) is 9.78 Å². The molecule has 12 heavy (non-hydrogen) atoms. The fourth-order valence-corrected chi connectivity index (χ4v) is 2.12. The first-order chi connectivity index (χ1) is 5.33. The maximum atomic E-state index is 5.51. The molecule has 2 rings (SSSR count). The number of nitrogens with zero attached hydrogens (tertiary/aromatic N) is 2. The van der Waals surface area contributed by atoms with Gasteiger partial charge >= 0.3 is 0 Å². The Bertz CT molecular complexity index is 284. The summed E-state index contributed by atoms with van der Waals surface area (Å²) in [6, 6.07) is 0. The van der Waals surface area contributed by atoms with E-state index in [1.807, 2.05) is 4.68 Å². The lowest BCUT2D eigenvalue weighted by Crippen LogP contribution is -2.00. The van der Waals surface area contributed by atoms with Crippen LogP contribution in [0, 0.1) is 0 Å². The lowest BCUT2D eigenvalue weighted by Gasteiger charge is -1.90. The second-order valence-electron chi connectivity index (χ2n) is 2.74. The minimum absolute atomic E-state index is 0.